The van der Waals surface area contributed by atoms with Crippen LogP contribution in [-0.4, -0.2) is 31.0 Å². The van der Waals surface area contributed by atoms with Crippen LogP contribution in [0.3, 0.4) is 0 Å². The number of carbonyl (C=O) groups excluding carboxylic acids is 1. The van der Waals surface area contributed by atoms with Crippen LogP contribution in [0.2, 0.25) is 0 Å². The van der Waals surface area contributed by atoms with Gasteiger partial charge in [0.15, 0.2) is 0 Å². The minimum atomic E-state index is -0.422. The van der Waals surface area contributed by atoms with Gasteiger partial charge >= 0.3 is 0 Å². The topological polar surface area (TPSA) is 96.3 Å². The van der Waals surface area contributed by atoms with Gasteiger partial charge in [0.05, 0.1) is 11.3 Å². The van der Waals surface area contributed by atoms with Crippen LogP contribution in [0.1, 0.15) is 12.5 Å². The lowest BCUT2D eigenvalue weighted by molar-refractivity contribution is -0.384. The van der Waals surface area contributed by atoms with Gasteiger partial charge in [0.2, 0.25) is 5.91 Å². The Morgan fingerprint density at radius 3 is 2.85 bits per heavy atom. The van der Waals surface area contributed by atoms with E-state index in [0.717, 1.165) is 6.54 Å². The first-order chi connectivity index (χ1) is 9.51. The van der Waals surface area contributed by atoms with Crippen molar-refractivity contribution >= 4 is 23.0 Å². The van der Waals surface area contributed by atoms with E-state index in [0.29, 0.717) is 29.4 Å². The molecule has 0 aromatic heterocycles. The van der Waals surface area contributed by atoms with E-state index in [1.807, 2.05) is 14.0 Å². The van der Waals surface area contributed by atoms with E-state index in [1.165, 1.54) is 6.07 Å². The molecule has 0 bridgehead atoms. The summed E-state index contributed by atoms with van der Waals surface area (Å²) >= 11 is 0. The van der Waals surface area contributed by atoms with E-state index in [1.54, 1.807) is 6.07 Å². The molecule has 0 aliphatic carbocycles. The summed E-state index contributed by atoms with van der Waals surface area (Å²) in [5.41, 5.74) is 1.79. The van der Waals surface area contributed by atoms with E-state index >= 15 is 0 Å². The van der Waals surface area contributed by atoms with E-state index in [-0.39, 0.29) is 18.0 Å². The van der Waals surface area contributed by atoms with E-state index in [2.05, 4.69) is 16.0 Å². The number of nitro benzene ring substituents is 1. The molecule has 0 saturated carbocycles. The van der Waals surface area contributed by atoms with Crippen molar-refractivity contribution in [3.8, 4) is 0 Å². The summed E-state index contributed by atoms with van der Waals surface area (Å²) in [7, 11) is 1.86. The highest BCUT2D eigenvalue weighted by Gasteiger charge is 2.24. The summed E-state index contributed by atoms with van der Waals surface area (Å²) in [6, 6.07) is 3.11. The van der Waals surface area contributed by atoms with Crippen molar-refractivity contribution in [2.45, 2.75) is 13.3 Å². The van der Waals surface area contributed by atoms with Crippen LogP contribution >= 0.6 is 0 Å². The zero-order valence-electron chi connectivity index (χ0n) is 11.5. The SMILES string of the molecule is CNCC(C)CNc1cc2c(cc1[N+](=O)[O-])CC(=O)N2. The third kappa shape index (κ3) is 3.05. The predicted molar refractivity (Wildman–Crippen MR) is 77.0 cm³/mol. The molecule has 108 valence electrons. The summed E-state index contributed by atoms with van der Waals surface area (Å²) in [5, 5.41) is 20.0. The summed E-state index contributed by atoms with van der Waals surface area (Å²) in [6.07, 6.45) is 0.201. The second-order valence-corrected chi connectivity index (χ2v) is 5.05. The van der Waals surface area contributed by atoms with Gasteiger partial charge in [-0.1, -0.05) is 6.92 Å². The molecular formula is C13H18N4O3. The molecule has 0 saturated heterocycles. The normalized spacial score (nSPS) is 14.6. The molecule has 0 radical (unpaired) electrons. The second kappa shape index (κ2) is 5.87. The van der Waals surface area contributed by atoms with E-state index in [4.69, 9.17) is 0 Å². The molecular weight excluding hydrogens is 260 g/mol. The molecule has 20 heavy (non-hydrogen) atoms. The summed E-state index contributed by atoms with van der Waals surface area (Å²) in [6.45, 7) is 3.49. The average Bonchev–Trinajstić information content (AvgIpc) is 2.74. The highest BCUT2D eigenvalue weighted by molar-refractivity contribution is 6.00. The fourth-order valence-corrected chi connectivity index (χ4v) is 2.26. The molecule has 1 aliphatic rings. The van der Waals surface area contributed by atoms with Crippen molar-refractivity contribution in [3.63, 3.8) is 0 Å². The first kappa shape index (κ1) is 14.3. The van der Waals surface area contributed by atoms with Gasteiger partial charge in [-0.2, -0.15) is 0 Å². The second-order valence-electron chi connectivity index (χ2n) is 5.05. The Bertz CT molecular complexity index is 545. The summed E-state index contributed by atoms with van der Waals surface area (Å²) in [4.78, 5) is 22.0. The van der Waals surface area contributed by atoms with Gasteiger partial charge in [0.25, 0.3) is 5.69 Å². The monoisotopic (exact) mass is 278 g/mol. The Balaban J connectivity index is 2.21. The zero-order chi connectivity index (χ0) is 14.7. The number of nitro groups is 1. The predicted octanol–water partition coefficient (Wildman–Crippen LogP) is 1.36. The van der Waals surface area contributed by atoms with Gasteiger partial charge in [-0.15, -0.1) is 0 Å². The van der Waals surface area contributed by atoms with E-state index in [9.17, 15) is 14.9 Å². The highest BCUT2D eigenvalue weighted by Crippen LogP contribution is 2.34. The van der Waals surface area contributed by atoms with Crippen LogP contribution in [0, 0.1) is 16.0 Å². The smallest absolute Gasteiger partial charge is 0.292 e. The highest BCUT2D eigenvalue weighted by atomic mass is 16.6. The minimum absolute atomic E-state index is 0.0110. The Hall–Kier alpha value is -2.15. The number of carbonyl (C=O) groups is 1. The van der Waals surface area contributed by atoms with Gasteiger partial charge < -0.3 is 16.0 Å². The standard InChI is InChI=1S/C13H18N4O3/c1-8(6-14-2)7-15-11-5-10-9(4-13(18)16-10)3-12(11)17(19)20/h3,5,8,14-15H,4,6-7H2,1-2H3,(H,16,18). The molecule has 7 heteroatoms. The van der Waals surface area contributed by atoms with Crippen molar-refractivity contribution < 1.29 is 9.72 Å². The maximum atomic E-state index is 11.3. The van der Waals surface area contributed by atoms with Crippen LogP contribution in [0.15, 0.2) is 12.1 Å². The fraction of sp³-hybridized carbons (Fsp3) is 0.462. The number of rotatable bonds is 6. The van der Waals surface area contributed by atoms with Gasteiger partial charge in [-0.25, -0.2) is 0 Å². The minimum Gasteiger partial charge on any atom is -0.379 e. The van der Waals surface area contributed by atoms with Crippen LogP contribution in [0.5, 0.6) is 0 Å². The van der Waals surface area contributed by atoms with Crippen LogP contribution in [0.4, 0.5) is 17.1 Å². The lowest BCUT2D eigenvalue weighted by Crippen LogP contribution is -2.23. The van der Waals surface area contributed by atoms with Crippen molar-refractivity contribution in [3.05, 3.63) is 27.8 Å². The molecule has 1 unspecified atom stereocenters. The number of anilines is 2. The Kier molecular flexibility index (Phi) is 4.19. The van der Waals surface area contributed by atoms with Crippen molar-refractivity contribution in [2.75, 3.05) is 30.8 Å². The molecule has 1 heterocycles. The molecule has 1 atom stereocenters. The Morgan fingerprint density at radius 2 is 2.20 bits per heavy atom. The van der Waals surface area contributed by atoms with Gasteiger partial charge in [0.1, 0.15) is 5.69 Å². The Morgan fingerprint density at radius 1 is 1.45 bits per heavy atom. The number of amides is 1. The Labute approximate surface area is 116 Å². The van der Waals surface area contributed by atoms with Gasteiger partial charge in [0, 0.05) is 18.3 Å². The maximum Gasteiger partial charge on any atom is 0.292 e. The molecule has 3 N–H and O–H groups in total. The van der Waals surface area contributed by atoms with Crippen molar-refractivity contribution in [2.24, 2.45) is 5.92 Å². The van der Waals surface area contributed by atoms with Crippen molar-refractivity contribution in [1.82, 2.24) is 5.32 Å². The lowest BCUT2D eigenvalue weighted by atomic mass is 10.1. The molecule has 1 aromatic carbocycles. The summed E-state index contributed by atoms with van der Waals surface area (Å²) in [5.74, 6) is 0.206. The molecule has 7 nitrogen and oxygen atoms in total. The number of nitrogens with one attached hydrogen (secondary N) is 3. The average molecular weight is 278 g/mol. The van der Waals surface area contributed by atoms with Crippen LogP contribution < -0.4 is 16.0 Å². The molecule has 1 aromatic rings. The zero-order valence-corrected chi connectivity index (χ0v) is 11.5. The number of fused-ring (bicyclic) bond motifs is 1. The first-order valence-corrected chi connectivity index (χ1v) is 6.51. The van der Waals surface area contributed by atoms with E-state index < -0.39 is 4.92 Å². The first-order valence-electron chi connectivity index (χ1n) is 6.51. The number of benzene rings is 1. The third-order valence-corrected chi connectivity index (χ3v) is 3.24. The lowest BCUT2D eigenvalue weighted by Gasteiger charge is -2.14. The van der Waals surface area contributed by atoms with Crippen LogP contribution in [0.25, 0.3) is 0 Å². The van der Waals surface area contributed by atoms with Crippen LogP contribution in [-0.2, 0) is 11.2 Å². The van der Waals surface area contributed by atoms with Gasteiger partial charge in [-0.3, -0.25) is 14.9 Å². The van der Waals surface area contributed by atoms with Crippen molar-refractivity contribution in [1.29, 1.82) is 0 Å². The molecule has 1 aliphatic heterocycles. The number of hydrogen-bond donors (Lipinski definition) is 3. The molecule has 1 amide bonds. The maximum absolute atomic E-state index is 11.3. The molecule has 2 rings (SSSR count). The quantitative estimate of drug-likeness (QED) is 0.539. The molecule has 0 spiro atoms. The third-order valence-electron chi connectivity index (χ3n) is 3.24. The fourth-order valence-electron chi connectivity index (χ4n) is 2.26. The summed E-state index contributed by atoms with van der Waals surface area (Å²) < 4.78 is 0. The number of nitrogens with zero attached hydrogens (tertiary/aromatic N) is 1. The molecule has 0 fully saturated rings. The van der Waals surface area contributed by atoms with Gasteiger partial charge in [-0.05, 0) is 31.1 Å². The number of hydrogen-bond acceptors (Lipinski definition) is 5. The largest absolute Gasteiger partial charge is 0.379 e.